The number of amides is 1. The van der Waals surface area contributed by atoms with Crippen LogP contribution in [0.25, 0.3) is 0 Å². The van der Waals surface area contributed by atoms with Gasteiger partial charge in [-0.15, -0.1) is 0 Å². The van der Waals surface area contributed by atoms with Gasteiger partial charge in [-0.25, -0.2) is 0 Å². The van der Waals surface area contributed by atoms with E-state index in [1.807, 2.05) is 31.2 Å². The summed E-state index contributed by atoms with van der Waals surface area (Å²) < 4.78 is 11.4. The number of nitrogens with zero attached hydrogens (tertiary/aromatic N) is 1. The van der Waals surface area contributed by atoms with Crippen LogP contribution in [0.3, 0.4) is 0 Å². The Bertz CT molecular complexity index is 592. The molecule has 0 spiro atoms. The summed E-state index contributed by atoms with van der Waals surface area (Å²) in [6, 6.07) is 7.63. The first kappa shape index (κ1) is 20.2. The van der Waals surface area contributed by atoms with E-state index in [1.54, 1.807) is 7.11 Å². The second-order valence-corrected chi connectivity index (χ2v) is 8.02. The number of hydrogen-bond donors (Lipinski definition) is 1. The number of ether oxygens (including phenoxy) is 2. The lowest BCUT2D eigenvalue weighted by Gasteiger charge is -2.26. The maximum Gasteiger partial charge on any atom is 0.256 e. The Morgan fingerprint density at radius 3 is 2.41 bits per heavy atom. The zero-order valence-electron chi connectivity index (χ0n) is 16.8. The molecule has 1 N–H and O–H groups in total. The largest absolute Gasteiger partial charge is 0.494 e. The van der Waals surface area contributed by atoms with Crippen molar-refractivity contribution in [3.63, 3.8) is 0 Å². The van der Waals surface area contributed by atoms with Crippen LogP contribution in [0.4, 0.5) is 5.69 Å². The fraction of sp³-hybridized carbons (Fsp3) is 0.682. The van der Waals surface area contributed by atoms with Gasteiger partial charge in [-0.1, -0.05) is 12.8 Å². The molecule has 0 unspecified atom stereocenters. The maximum atomic E-state index is 12.5. The summed E-state index contributed by atoms with van der Waals surface area (Å²) in [7, 11) is 1.61. The molecule has 1 heterocycles. The predicted molar refractivity (Wildman–Crippen MR) is 108 cm³/mol. The average molecular weight is 375 g/mol. The van der Waals surface area contributed by atoms with Crippen LogP contribution in [-0.2, 0) is 9.53 Å². The third-order valence-corrected chi connectivity index (χ3v) is 5.93. The Labute approximate surface area is 163 Å². The lowest BCUT2D eigenvalue weighted by molar-refractivity contribution is -0.138. The molecule has 1 aliphatic heterocycles. The molecule has 5 nitrogen and oxygen atoms in total. The minimum atomic E-state index is -0.734. The van der Waals surface area contributed by atoms with Crippen molar-refractivity contribution in [2.75, 3.05) is 38.7 Å². The zero-order valence-corrected chi connectivity index (χ0v) is 16.8. The monoisotopic (exact) mass is 374 g/mol. The van der Waals surface area contributed by atoms with Gasteiger partial charge in [0, 0.05) is 19.3 Å². The Morgan fingerprint density at radius 1 is 1.15 bits per heavy atom. The average Bonchev–Trinajstić information content (AvgIpc) is 3.53. The van der Waals surface area contributed by atoms with Crippen molar-refractivity contribution in [2.45, 2.75) is 57.5 Å². The first-order chi connectivity index (χ1) is 13.1. The van der Waals surface area contributed by atoms with E-state index < -0.39 is 5.60 Å². The molecule has 3 rings (SSSR count). The highest BCUT2D eigenvalue weighted by atomic mass is 16.5. The molecule has 1 aromatic carbocycles. The minimum Gasteiger partial charge on any atom is -0.494 e. The third-order valence-electron chi connectivity index (χ3n) is 5.93. The number of anilines is 1. The van der Waals surface area contributed by atoms with Crippen molar-refractivity contribution in [2.24, 2.45) is 5.92 Å². The smallest absolute Gasteiger partial charge is 0.256 e. The molecule has 1 aromatic rings. The van der Waals surface area contributed by atoms with E-state index in [0.717, 1.165) is 43.9 Å². The van der Waals surface area contributed by atoms with Crippen LogP contribution in [0.15, 0.2) is 24.3 Å². The van der Waals surface area contributed by atoms with Gasteiger partial charge in [-0.2, -0.15) is 0 Å². The first-order valence-corrected chi connectivity index (χ1v) is 10.4. The highest BCUT2D eigenvalue weighted by Crippen LogP contribution is 2.42. The molecule has 150 valence electrons. The number of carbonyl (C=O) groups is 1. The SMILES string of the molecule is CO[C@@](C)(C(=O)Nc1ccc(OCCCN2CCCCCC2)cc1)C1CC1. The molecule has 1 amide bonds. The lowest BCUT2D eigenvalue weighted by atomic mass is 9.99. The summed E-state index contributed by atoms with van der Waals surface area (Å²) in [4.78, 5) is 15.1. The van der Waals surface area contributed by atoms with Gasteiger partial charge in [0.2, 0.25) is 0 Å². The van der Waals surface area contributed by atoms with Gasteiger partial charge in [0.25, 0.3) is 5.91 Å². The normalized spacial score (nSPS) is 20.5. The Hall–Kier alpha value is -1.59. The van der Waals surface area contributed by atoms with Crippen LogP contribution >= 0.6 is 0 Å². The van der Waals surface area contributed by atoms with Crippen molar-refractivity contribution in [1.29, 1.82) is 0 Å². The summed E-state index contributed by atoms with van der Waals surface area (Å²) in [5.74, 6) is 1.11. The van der Waals surface area contributed by atoms with Gasteiger partial charge < -0.3 is 19.7 Å². The molecular formula is C22H34N2O3. The summed E-state index contributed by atoms with van der Waals surface area (Å²) in [5, 5.41) is 2.97. The van der Waals surface area contributed by atoms with Gasteiger partial charge in [0.15, 0.2) is 0 Å². The van der Waals surface area contributed by atoms with Gasteiger partial charge >= 0.3 is 0 Å². The van der Waals surface area contributed by atoms with Gasteiger partial charge in [-0.05, 0) is 82.3 Å². The molecule has 5 heteroatoms. The topological polar surface area (TPSA) is 50.8 Å². The highest BCUT2D eigenvalue weighted by molar-refractivity contribution is 5.97. The van der Waals surface area contributed by atoms with Gasteiger partial charge in [0.05, 0.1) is 6.61 Å². The number of methoxy groups -OCH3 is 1. The standard InChI is InChI=1S/C22H34N2O3/c1-22(26-2,18-8-9-18)21(25)23-19-10-12-20(13-11-19)27-17-7-16-24-14-5-3-4-6-15-24/h10-13,18H,3-9,14-17H2,1-2H3,(H,23,25)/t22-/m1/s1. The maximum absolute atomic E-state index is 12.5. The van der Waals surface area contributed by atoms with Gasteiger partial charge in [-0.3, -0.25) is 4.79 Å². The molecule has 1 atom stereocenters. The summed E-state index contributed by atoms with van der Waals surface area (Å²) in [5.41, 5.74) is 0.0449. The summed E-state index contributed by atoms with van der Waals surface area (Å²) in [6.07, 6.45) is 8.57. The van der Waals surface area contributed by atoms with Gasteiger partial charge in [0.1, 0.15) is 11.4 Å². The number of hydrogen-bond acceptors (Lipinski definition) is 4. The second-order valence-electron chi connectivity index (χ2n) is 8.02. The van der Waals surface area contributed by atoms with E-state index in [0.29, 0.717) is 5.92 Å². The molecular weight excluding hydrogens is 340 g/mol. The third kappa shape index (κ3) is 5.69. The summed E-state index contributed by atoms with van der Waals surface area (Å²) in [6.45, 7) is 6.18. The molecule has 27 heavy (non-hydrogen) atoms. The van der Waals surface area contributed by atoms with Crippen molar-refractivity contribution in [3.05, 3.63) is 24.3 Å². The van der Waals surface area contributed by atoms with E-state index >= 15 is 0 Å². The van der Waals surface area contributed by atoms with Crippen LogP contribution in [0, 0.1) is 5.92 Å². The quantitative estimate of drug-likeness (QED) is 0.662. The second kappa shape index (κ2) is 9.56. The molecule has 0 bridgehead atoms. The molecule has 2 fully saturated rings. The Kier molecular flexibility index (Phi) is 7.13. The Morgan fingerprint density at radius 2 is 1.81 bits per heavy atom. The van der Waals surface area contributed by atoms with Crippen LogP contribution in [-0.4, -0.2) is 49.8 Å². The van der Waals surface area contributed by atoms with Crippen molar-refractivity contribution in [1.82, 2.24) is 4.90 Å². The van der Waals surface area contributed by atoms with E-state index in [-0.39, 0.29) is 5.91 Å². The predicted octanol–water partition coefficient (Wildman–Crippen LogP) is 4.09. The number of carbonyl (C=O) groups excluding carboxylic acids is 1. The van der Waals surface area contributed by atoms with Crippen LogP contribution in [0.5, 0.6) is 5.75 Å². The molecule has 1 saturated carbocycles. The fourth-order valence-corrected chi connectivity index (χ4v) is 3.81. The van der Waals surface area contributed by atoms with Crippen molar-refractivity contribution in [3.8, 4) is 5.75 Å². The van der Waals surface area contributed by atoms with Crippen LogP contribution in [0.1, 0.15) is 51.9 Å². The number of rotatable bonds is 9. The van der Waals surface area contributed by atoms with Crippen molar-refractivity contribution >= 4 is 11.6 Å². The van der Waals surface area contributed by atoms with Crippen LogP contribution < -0.4 is 10.1 Å². The molecule has 2 aliphatic rings. The van der Waals surface area contributed by atoms with E-state index in [1.165, 1.54) is 38.8 Å². The lowest BCUT2D eigenvalue weighted by Crippen LogP contribution is -2.43. The molecule has 0 aromatic heterocycles. The number of nitrogens with one attached hydrogen (secondary N) is 1. The first-order valence-electron chi connectivity index (χ1n) is 10.4. The molecule has 0 radical (unpaired) electrons. The molecule has 1 saturated heterocycles. The highest BCUT2D eigenvalue weighted by Gasteiger charge is 2.47. The van der Waals surface area contributed by atoms with Crippen molar-refractivity contribution < 1.29 is 14.3 Å². The van der Waals surface area contributed by atoms with E-state index in [9.17, 15) is 4.79 Å². The number of likely N-dealkylation sites (tertiary alicyclic amines) is 1. The summed E-state index contributed by atoms with van der Waals surface area (Å²) >= 11 is 0. The van der Waals surface area contributed by atoms with E-state index in [2.05, 4.69) is 10.2 Å². The Balaban J connectivity index is 1.40. The molecule has 1 aliphatic carbocycles. The van der Waals surface area contributed by atoms with Crippen LogP contribution in [0.2, 0.25) is 0 Å². The zero-order chi connectivity index (χ0) is 19.1. The van der Waals surface area contributed by atoms with E-state index in [4.69, 9.17) is 9.47 Å². The minimum absolute atomic E-state index is 0.0707. The number of benzene rings is 1. The fourth-order valence-electron chi connectivity index (χ4n) is 3.81.